The highest BCUT2D eigenvalue weighted by Crippen LogP contribution is 2.28. The summed E-state index contributed by atoms with van der Waals surface area (Å²) in [6.45, 7) is 3.87. The predicted octanol–water partition coefficient (Wildman–Crippen LogP) is 2.24. The highest BCUT2D eigenvalue weighted by atomic mass is 16.2. The molecule has 1 aromatic heterocycles. The first-order chi connectivity index (χ1) is 12.2. The summed E-state index contributed by atoms with van der Waals surface area (Å²) in [6, 6.07) is 8.58. The van der Waals surface area contributed by atoms with E-state index in [1.165, 1.54) is 12.8 Å². The Kier molecular flexibility index (Phi) is 5.78. The van der Waals surface area contributed by atoms with Crippen LogP contribution in [0, 0.1) is 6.92 Å². The molecule has 7 nitrogen and oxygen atoms in total. The van der Waals surface area contributed by atoms with Crippen molar-refractivity contribution in [2.24, 2.45) is 0 Å². The topological polar surface area (TPSA) is 100 Å². The van der Waals surface area contributed by atoms with Gasteiger partial charge in [-0.15, -0.1) is 0 Å². The minimum atomic E-state index is 0.229. The Bertz CT molecular complexity index is 704. The molecule has 1 aromatic carbocycles. The molecule has 2 aromatic rings. The van der Waals surface area contributed by atoms with Gasteiger partial charge in [-0.1, -0.05) is 18.2 Å². The maximum Gasteiger partial charge on any atom is 0.232 e. The Labute approximate surface area is 148 Å². The van der Waals surface area contributed by atoms with Crippen LogP contribution in [0.25, 0.3) is 0 Å². The minimum absolute atomic E-state index is 0.229. The molecule has 0 spiro atoms. The van der Waals surface area contributed by atoms with Crippen molar-refractivity contribution >= 4 is 17.6 Å². The molecule has 0 amide bonds. The molecular weight excluding hydrogens is 316 g/mol. The lowest BCUT2D eigenvalue weighted by Crippen LogP contribution is -2.28. The lowest BCUT2D eigenvalue weighted by atomic mass is 10.2. The zero-order valence-corrected chi connectivity index (χ0v) is 14.6. The predicted molar refractivity (Wildman–Crippen MR) is 98.5 cm³/mol. The number of aliphatic hydroxyl groups is 1. The van der Waals surface area contributed by atoms with Gasteiger partial charge in [0, 0.05) is 18.3 Å². The van der Waals surface area contributed by atoms with Crippen molar-refractivity contribution in [2.75, 3.05) is 24.2 Å². The molecule has 0 unspecified atom stereocenters. The summed E-state index contributed by atoms with van der Waals surface area (Å²) in [6.07, 6.45) is 4.23. The number of hydrogen-bond acceptors (Lipinski definition) is 7. The van der Waals surface area contributed by atoms with Gasteiger partial charge in [0.05, 0.1) is 6.54 Å². The summed E-state index contributed by atoms with van der Waals surface area (Å²) < 4.78 is 0. The van der Waals surface area contributed by atoms with Gasteiger partial charge in [-0.3, -0.25) is 4.90 Å². The number of aromatic nitrogens is 3. The monoisotopic (exact) mass is 342 g/mol. The molecule has 4 N–H and O–H groups in total. The van der Waals surface area contributed by atoms with E-state index in [0.717, 1.165) is 30.6 Å². The van der Waals surface area contributed by atoms with E-state index in [1.54, 1.807) is 0 Å². The summed E-state index contributed by atoms with van der Waals surface area (Å²) >= 11 is 0. The van der Waals surface area contributed by atoms with Crippen LogP contribution in [0.5, 0.6) is 0 Å². The van der Waals surface area contributed by atoms with Crippen molar-refractivity contribution in [3.8, 4) is 0 Å². The first-order valence-electron chi connectivity index (χ1n) is 8.83. The van der Waals surface area contributed by atoms with Crippen LogP contribution in [-0.4, -0.2) is 44.2 Å². The highest BCUT2D eigenvalue weighted by molar-refractivity contribution is 5.58. The quantitative estimate of drug-likeness (QED) is 0.601. The van der Waals surface area contributed by atoms with Gasteiger partial charge in [0.15, 0.2) is 0 Å². The number of unbranched alkanes of at least 4 members (excludes halogenated alkanes) is 1. The van der Waals surface area contributed by atoms with E-state index < -0.39 is 0 Å². The highest BCUT2D eigenvalue weighted by Gasteiger charge is 2.29. The van der Waals surface area contributed by atoms with Crippen LogP contribution in [0.3, 0.4) is 0 Å². The average Bonchev–Trinajstić information content (AvgIpc) is 3.41. The van der Waals surface area contributed by atoms with Crippen molar-refractivity contribution in [2.45, 2.75) is 45.2 Å². The fraction of sp³-hybridized carbons (Fsp3) is 0.500. The van der Waals surface area contributed by atoms with Gasteiger partial charge in [-0.25, -0.2) is 0 Å². The fourth-order valence-corrected chi connectivity index (χ4v) is 2.84. The molecule has 1 aliphatic carbocycles. The summed E-state index contributed by atoms with van der Waals surface area (Å²) in [4.78, 5) is 15.4. The fourth-order valence-electron chi connectivity index (χ4n) is 2.84. The van der Waals surface area contributed by atoms with E-state index in [9.17, 15) is 0 Å². The van der Waals surface area contributed by atoms with E-state index in [-0.39, 0.29) is 12.6 Å². The number of nitrogens with two attached hydrogens (primary N) is 1. The summed E-state index contributed by atoms with van der Waals surface area (Å²) in [5.41, 5.74) is 7.96. The SMILES string of the molecule is Cc1ccccc1Nc1nc(N)nc(CN(CCCCO)C2CC2)n1. The van der Waals surface area contributed by atoms with Crippen molar-refractivity contribution in [3.63, 3.8) is 0 Å². The van der Waals surface area contributed by atoms with Crippen molar-refractivity contribution < 1.29 is 5.11 Å². The standard InChI is InChI=1S/C18H26N6O/c1-13-6-2-3-7-15(13)20-18-22-16(21-17(19)23-18)12-24(14-8-9-14)10-4-5-11-25/h2-3,6-7,14,25H,4-5,8-12H2,1H3,(H3,19,20,21,22,23). The lowest BCUT2D eigenvalue weighted by molar-refractivity contribution is 0.225. The normalized spacial score (nSPS) is 14.0. The molecule has 0 saturated heterocycles. The molecule has 0 bridgehead atoms. The van der Waals surface area contributed by atoms with E-state index in [0.29, 0.717) is 24.4 Å². The van der Waals surface area contributed by atoms with Crippen LogP contribution >= 0.6 is 0 Å². The first kappa shape index (κ1) is 17.6. The Balaban J connectivity index is 1.71. The second kappa shape index (κ2) is 8.22. The van der Waals surface area contributed by atoms with E-state index in [2.05, 4.69) is 25.2 Å². The largest absolute Gasteiger partial charge is 0.396 e. The van der Waals surface area contributed by atoms with Gasteiger partial charge in [-0.2, -0.15) is 15.0 Å². The molecular formula is C18H26N6O. The van der Waals surface area contributed by atoms with Gasteiger partial charge >= 0.3 is 0 Å². The van der Waals surface area contributed by atoms with Crippen LogP contribution < -0.4 is 11.1 Å². The van der Waals surface area contributed by atoms with Crippen LogP contribution in [-0.2, 0) is 6.54 Å². The lowest BCUT2D eigenvalue weighted by Gasteiger charge is -2.21. The number of rotatable bonds is 9. The van der Waals surface area contributed by atoms with Crippen LogP contribution in [0.15, 0.2) is 24.3 Å². The molecule has 1 aliphatic rings. The molecule has 1 heterocycles. The maximum absolute atomic E-state index is 8.98. The zero-order chi connectivity index (χ0) is 17.6. The minimum Gasteiger partial charge on any atom is -0.396 e. The summed E-state index contributed by atoms with van der Waals surface area (Å²) in [7, 11) is 0. The number of nitrogens with one attached hydrogen (secondary N) is 1. The van der Waals surface area contributed by atoms with Crippen LogP contribution in [0.1, 0.15) is 37.1 Å². The third kappa shape index (κ3) is 5.11. The second-order valence-electron chi connectivity index (χ2n) is 6.51. The number of benzene rings is 1. The molecule has 25 heavy (non-hydrogen) atoms. The van der Waals surface area contributed by atoms with Gasteiger partial charge < -0.3 is 16.2 Å². The maximum atomic E-state index is 8.98. The molecule has 0 atom stereocenters. The molecule has 3 rings (SSSR count). The molecule has 0 radical (unpaired) electrons. The second-order valence-corrected chi connectivity index (χ2v) is 6.51. The van der Waals surface area contributed by atoms with Gasteiger partial charge in [0.2, 0.25) is 11.9 Å². The molecule has 0 aliphatic heterocycles. The van der Waals surface area contributed by atoms with E-state index in [4.69, 9.17) is 10.8 Å². The number of nitrogens with zero attached hydrogens (tertiary/aromatic N) is 4. The Morgan fingerprint density at radius 1 is 1.20 bits per heavy atom. The number of anilines is 3. The summed E-state index contributed by atoms with van der Waals surface area (Å²) in [5.74, 6) is 1.38. The Morgan fingerprint density at radius 2 is 2.00 bits per heavy atom. The van der Waals surface area contributed by atoms with Gasteiger partial charge in [-0.05, 0) is 50.8 Å². The van der Waals surface area contributed by atoms with Crippen molar-refractivity contribution in [3.05, 3.63) is 35.7 Å². The molecule has 1 fully saturated rings. The number of aliphatic hydroxyl groups excluding tert-OH is 1. The molecule has 1 saturated carbocycles. The molecule has 134 valence electrons. The first-order valence-corrected chi connectivity index (χ1v) is 8.83. The third-order valence-corrected chi connectivity index (χ3v) is 4.35. The van der Waals surface area contributed by atoms with Crippen molar-refractivity contribution in [1.82, 2.24) is 19.9 Å². The average molecular weight is 342 g/mol. The van der Waals surface area contributed by atoms with Crippen LogP contribution in [0.4, 0.5) is 17.6 Å². The van der Waals surface area contributed by atoms with Crippen LogP contribution in [0.2, 0.25) is 0 Å². The van der Waals surface area contributed by atoms with E-state index >= 15 is 0 Å². The number of hydrogen-bond donors (Lipinski definition) is 3. The van der Waals surface area contributed by atoms with Gasteiger partial charge in [0.25, 0.3) is 0 Å². The van der Waals surface area contributed by atoms with Crippen molar-refractivity contribution in [1.29, 1.82) is 0 Å². The number of nitrogen functional groups attached to an aromatic ring is 1. The molecule has 7 heteroatoms. The Morgan fingerprint density at radius 3 is 2.72 bits per heavy atom. The van der Waals surface area contributed by atoms with E-state index in [1.807, 2.05) is 31.2 Å². The number of para-hydroxylation sites is 1. The Hall–Kier alpha value is -2.25. The third-order valence-electron chi connectivity index (χ3n) is 4.35. The summed E-state index contributed by atoms with van der Waals surface area (Å²) in [5, 5.41) is 12.2. The zero-order valence-electron chi connectivity index (χ0n) is 14.6. The number of aryl methyl sites for hydroxylation is 1. The van der Waals surface area contributed by atoms with Gasteiger partial charge in [0.1, 0.15) is 5.82 Å². The smallest absolute Gasteiger partial charge is 0.232 e.